The third kappa shape index (κ3) is 2.68. The van der Waals surface area contributed by atoms with Crippen LogP contribution in [0.4, 0.5) is 0 Å². The molecule has 1 rings (SSSR count). The number of methoxy groups -OCH3 is 1. The average molecular weight is 250 g/mol. The highest BCUT2D eigenvalue weighted by molar-refractivity contribution is 9.09. The molecule has 0 unspecified atom stereocenters. The van der Waals surface area contributed by atoms with Crippen molar-refractivity contribution in [3.05, 3.63) is 0 Å². The number of amides is 1. The number of piperidine rings is 1. The number of ether oxygens (including phenoxy) is 1. The Morgan fingerprint density at radius 2 is 2.08 bits per heavy atom. The van der Waals surface area contributed by atoms with Crippen molar-refractivity contribution in [3.63, 3.8) is 0 Å². The Morgan fingerprint density at radius 1 is 1.54 bits per heavy atom. The van der Waals surface area contributed by atoms with Gasteiger partial charge in [0.25, 0.3) is 0 Å². The first-order valence-electron chi connectivity index (χ1n) is 4.50. The molecule has 0 N–H and O–H groups in total. The van der Waals surface area contributed by atoms with Gasteiger partial charge in [-0.2, -0.15) is 0 Å². The van der Waals surface area contributed by atoms with E-state index in [0.717, 1.165) is 25.9 Å². The van der Waals surface area contributed by atoms with Crippen LogP contribution < -0.4 is 0 Å². The molecule has 0 spiro atoms. The molecule has 0 saturated carbocycles. The number of hydrogen-bond acceptors (Lipinski definition) is 2. The quantitative estimate of drug-likeness (QED) is 0.693. The van der Waals surface area contributed by atoms with Crippen LogP contribution in [0.3, 0.4) is 0 Å². The van der Waals surface area contributed by atoms with Crippen molar-refractivity contribution in [2.24, 2.45) is 0 Å². The molecule has 0 aromatic rings. The Kier molecular flexibility index (Phi) is 3.74. The van der Waals surface area contributed by atoms with E-state index in [1.54, 1.807) is 7.11 Å². The summed E-state index contributed by atoms with van der Waals surface area (Å²) in [6.45, 7) is 3.73. The zero-order valence-electron chi connectivity index (χ0n) is 8.18. The smallest absolute Gasteiger partial charge is 0.233 e. The normalized spacial score (nSPS) is 21.6. The van der Waals surface area contributed by atoms with Crippen molar-refractivity contribution >= 4 is 21.8 Å². The van der Waals surface area contributed by atoms with Crippen LogP contribution in [0.1, 0.15) is 19.8 Å². The fourth-order valence-electron chi connectivity index (χ4n) is 1.52. The predicted molar refractivity (Wildman–Crippen MR) is 55.0 cm³/mol. The van der Waals surface area contributed by atoms with Gasteiger partial charge < -0.3 is 9.64 Å². The summed E-state index contributed by atoms with van der Waals surface area (Å²) in [6.07, 6.45) is 1.87. The van der Waals surface area contributed by atoms with Crippen LogP contribution >= 0.6 is 15.9 Å². The second-order valence-electron chi connectivity index (χ2n) is 3.67. The van der Waals surface area contributed by atoms with E-state index in [4.69, 9.17) is 4.74 Å². The Bertz CT molecular complexity index is 188. The highest BCUT2D eigenvalue weighted by atomic mass is 79.9. The summed E-state index contributed by atoms with van der Waals surface area (Å²) in [5, 5.41) is 0.427. The fourth-order valence-corrected chi connectivity index (χ4v) is 1.87. The standard InChI is InChI=1S/C9H16BrNO2/c1-9(13-2)3-5-11(6-4-9)8(12)7-10/h3-7H2,1-2H3. The van der Waals surface area contributed by atoms with Crippen LogP contribution in [-0.2, 0) is 9.53 Å². The number of halogens is 1. The molecule has 76 valence electrons. The summed E-state index contributed by atoms with van der Waals surface area (Å²) >= 11 is 3.17. The van der Waals surface area contributed by atoms with Crippen LogP contribution in [-0.4, -0.2) is 41.9 Å². The molecule has 4 heteroatoms. The minimum Gasteiger partial charge on any atom is -0.378 e. The first kappa shape index (κ1) is 11.0. The van der Waals surface area contributed by atoms with Gasteiger partial charge in [-0.15, -0.1) is 0 Å². The molecule has 1 fully saturated rings. The van der Waals surface area contributed by atoms with Gasteiger partial charge in [0.1, 0.15) is 0 Å². The molecule has 1 saturated heterocycles. The van der Waals surface area contributed by atoms with Gasteiger partial charge in [0.05, 0.1) is 10.9 Å². The molecular weight excluding hydrogens is 234 g/mol. The molecule has 1 aliphatic heterocycles. The predicted octanol–water partition coefficient (Wildman–Crippen LogP) is 1.41. The molecule has 0 radical (unpaired) electrons. The Balaban J connectivity index is 2.43. The Labute approximate surface area is 87.6 Å². The van der Waals surface area contributed by atoms with E-state index in [9.17, 15) is 4.79 Å². The maximum atomic E-state index is 11.3. The second kappa shape index (κ2) is 4.42. The number of rotatable bonds is 2. The first-order valence-corrected chi connectivity index (χ1v) is 5.62. The van der Waals surface area contributed by atoms with Crippen LogP contribution in [0.2, 0.25) is 0 Å². The highest BCUT2D eigenvalue weighted by Gasteiger charge is 2.30. The van der Waals surface area contributed by atoms with E-state index in [-0.39, 0.29) is 11.5 Å². The highest BCUT2D eigenvalue weighted by Crippen LogP contribution is 2.24. The zero-order valence-corrected chi connectivity index (χ0v) is 9.76. The molecule has 3 nitrogen and oxygen atoms in total. The summed E-state index contributed by atoms with van der Waals surface area (Å²) in [7, 11) is 1.74. The Morgan fingerprint density at radius 3 is 2.46 bits per heavy atom. The third-order valence-electron chi connectivity index (χ3n) is 2.78. The largest absolute Gasteiger partial charge is 0.378 e. The number of hydrogen-bond donors (Lipinski definition) is 0. The van der Waals surface area contributed by atoms with Gasteiger partial charge >= 0.3 is 0 Å². The lowest BCUT2D eigenvalue weighted by Gasteiger charge is -2.38. The van der Waals surface area contributed by atoms with E-state index in [1.165, 1.54) is 0 Å². The molecule has 0 atom stereocenters. The molecular formula is C9H16BrNO2. The van der Waals surface area contributed by atoms with E-state index in [1.807, 2.05) is 4.90 Å². The van der Waals surface area contributed by atoms with Crippen molar-refractivity contribution in [2.45, 2.75) is 25.4 Å². The minimum absolute atomic E-state index is 0.0247. The molecule has 0 aromatic carbocycles. The SMILES string of the molecule is COC1(C)CCN(C(=O)CBr)CC1. The minimum atomic E-state index is -0.0247. The molecule has 0 aliphatic carbocycles. The van der Waals surface area contributed by atoms with E-state index in [2.05, 4.69) is 22.9 Å². The van der Waals surface area contributed by atoms with Crippen molar-refractivity contribution in [1.82, 2.24) is 4.90 Å². The molecule has 1 aliphatic rings. The molecule has 0 bridgehead atoms. The third-order valence-corrected chi connectivity index (χ3v) is 3.26. The molecule has 13 heavy (non-hydrogen) atoms. The zero-order chi connectivity index (χ0) is 9.90. The summed E-state index contributed by atoms with van der Waals surface area (Å²) in [5.41, 5.74) is -0.0247. The van der Waals surface area contributed by atoms with Crippen LogP contribution in [0, 0.1) is 0 Å². The van der Waals surface area contributed by atoms with Gasteiger partial charge in [-0.1, -0.05) is 15.9 Å². The van der Waals surface area contributed by atoms with Gasteiger partial charge in [0.2, 0.25) is 5.91 Å². The number of nitrogens with zero attached hydrogens (tertiary/aromatic N) is 1. The van der Waals surface area contributed by atoms with E-state index >= 15 is 0 Å². The average Bonchev–Trinajstić information content (AvgIpc) is 2.18. The molecule has 1 heterocycles. The fraction of sp³-hybridized carbons (Fsp3) is 0.889. The second-order valence-corrected chi connectivity index (χ2v) is 4.23. The van der Waals surface area contributed by atoms with E-state index < -0.39 is 0 Å². The van der Waals surface area contributed by atoms with Gasteiger partial charge in [-0.3, -0.25) is 4.79 Å². The maximum Gasteiger partial charge on any atom is 0.233 e. The van der Waals surface area contributed by atoms with E-state index in [0.29, 0.717) is 5.33 Å². The van der Waals surface area contributed by atoms with Gasteiger partial charge in [-0.05, 0) is 19.8 Å². The summed E-state index contributed by atoms with van der Waals surface area (Å²) in [4.78, 5) is 13.2. The summed E-state index contributed by atoms with van der Waals surface area (Å²) in [6, 6.07) is 0. The lowest BCUT2D eigenvalue weighted by molar-refractivity contribution is -0.133. The van der Waals surface area contributed by atoms with Crippen molar-refractivity contribution in [3.8, 4) is 0 Å². The van der Waals surface area contributed by atoms with Crippen LogP contribution in [0.15, 0.2) is 0 Å². The van der Waals surface area contributed by atoms with Crippen LogP contribution in [0.25, 0.3) is 0 Å². The lowest BCUT2D eigenvalue weighted by Crippen LogP contribution is -2.46. The van der Waals surface area contributed by atoms with Gasteiger partial charge in [-0.25, -0.2) is 0 Å². The number of likely N-dealkylation sites (tertiary alicyclic amines) is 1. The van der Waals surface area contributed by atoms with Crippen molar-refractivity contribution in [1.29, 1.82) is 0 Å². The monoisotopic (exact) mass is 249 g/mol. The lowest BCUT2D eigenvalue weighted by atomic mass is 9.93. The van der Waals surface area contributed by atoms with Gasteiger partial charge in [0, 0.05) is 20.2 Å². The van der Waals surface area contributed by atoms with Crippen LogP contribution in [0.5, 0.6) is 0 Å². The van der Waals surface area contributed by atoms with Gasteiger partial charge in [0.15, 0.2) is 0 Å². The summed E-state index contributed by atoms with van der Waals surface area (Å²) < 4.78 is 5.39. The topological polar surface area (TPSA) is 29.5 Å². The van der Waals surface area contributed by atoms with Crippen molar-refractivity contribution < 1.29 is 9.53 Å². The molecule has 1 amide bonds. The molecule has 0 aromatic heterocycles. The maximum absolute atomic E-state index is 11.3. The Hall–Kier alpha value is -0.0900. The number of alkyl halides is 1. The number of carbonyl (C=O) groups excluding carboxylic acids is 1. The first-order chi connectivity index (χ1) is 6.11. The van der Waals surface area contributed by atoms with Crippen molar-refractivity contribution in [2.75, 3.05) is 25.5 Å². The number of carbonyl (C=O) groups is 1. The summed E-state index contributed by atoms with van der Waals surface area (Å²) in [5.74, 6) is 0.179.